The molecule has 0 aliphatic carbocycles. The van der Waals surface area contributed by atoms with Gasteiger partial charge in [-0.2, -0.15) is 0 Å². The van der Waals surface area contributed by atoms with Crippen LogP contribution in [-0.4, -0.2) is 12.0 Å². The molecular formula is C11H12OS2. The molecule has 0 aromatic heterocycles. The highest BCUT2D eigenvalue weighted by atomic mass is 33.1. The minimum Gasteiger partial charge on any atom is -0.298 e. The molecular weight excluding hydrogens is 212 g/mol. The van der Waals surface area contributed by atoms with Crippen LogP contribution in [0.1, 0.15) is 34.0 Å². The lowest BCUT2D eigenvalue weighted by Gasteiger charge is -2.21. The average molecular weight is 224 g/mol. The molecule has 1 heterocycles. The maximum Gasteiger partial charge on any atom is 0.150 e. The normalized spacial score (nSPS) is 21.9. The molecule has 74 valence electrons. The predicted octanol–water partition coefficient (Wildman–Crippen LogP) is 3.72. The van der Waals surface area contributed by atoms with E-state index < -0.39 is 0 Å². The van der Waals surface area contributed by atoms with Crippen LogP contribution < -0.4 is 0 Å². The summed E-state index contributed by atoms with van der Waals surface area (Å²) in [5, 5.41) is 0.509. The van der Waals surface area contributed by atoms with Crippen LogP contribution in [-0.2, 0) is 0 Å². The van der Waals surface area contributed by atoms with Crippen LogP contribution in [0.25, 0.3) is 0 Å². The van der Waals surface area contributed by atoms with Crippen molar-refractivity contribution in [3.63, 3.8) is 0 Å². The number of rotatable bonds is 2. The van der Waals surface area contributed by atoms with Gasteiger partial charge < -0.3 is 0 Å². The molecule has 1 fully saturated rings. The van der Waals surface area contributed by atoms with Gasteiger partial charge >= 0.3 is 0 Å². The van der Waals surface area contributed by atoms with E-state index in [1.54, 1.807) is 0 Å². The molecule has 1 saturated heterocycles. The molecule has 0 saturated carbocycles. The van der Waals surface area contributed by atoms with Crippen LogP contribution in [0.15, 0.2) is 24.3 Å². The Hall–Kier alpha value is -0.410. The van der Waals surface area contributed by atoms with Crippen molar-refractivity contribution in [3.05, 3.63) is 35.4 Å². The number of hydrogen-bond donors (Lipinski definition) is 0. The molecule has 0 bridgehead atoms. The summed E-state index contributed by atoms with van der Waals surface area (Å²) in [4.78, 5) is 10.9. The Kier molecular flexibility index (Phi) is 3.54. The van der Waals surface area contributed by atoms with Crippen LogP contribution in [0.5, 0.6) is 0 Å². The lowest BCUT2D eigenvalue weighted by atomic mass is 10.0. The number of hydrogen-bond acceptors (Lipinski definition) is 3. The van der Waals surface area contributed by atoms with Crippen LogP contribution in [0.4, 0.5) is 0 Å². The first-order valence-corrected chi connectivity index (χ1v) is 7.12. The zero-order valence-corrected chi connectivity index (χ0v) is 9.44. The first-order valence-electron chi connectivity index (χ1n) is 4.74. The molecule has 1 atom stereocenters. The largest absolute Gasteiger partial charge is 0.298 e. The molecule has 1 nitrogen and oxygen atoms in total. The number of benzene rings is 1. The number of carbonyl (C=O) groups excluding carboxylic acids is 1. The quantitative estimate of drug-likeness (QED) is 0.563. The second-order valence-electron chi connectivity index (χ2n) is 3.30. The number of aldehydes is 1. The van der Waals surface area contributed by atoms with E-state index in [1.807, 2.05) is 39.8 Å². The summed E-state index contributed by atoms with van der Waals surface area (Å²) in [5.41, 5.74) is 2.06. The van der Waals surface area contributed by atoms with Gasteiger partial charge in [0, 0.05) is 16.6 Å². The van der Waals surface area contributed by atoms with Crippen LogP contribution in [0.2, 0.25) is 0 Å². The Balaban J connectivity index is 2.24. The van der Waals surface area contributed by atoms with Crippen LogP contribution in [0.3, 0.4) is 0 Å². The summed E-state index contributed by atoms with van der Waals surface area (Å²) in [6.45, 7) is 0. The lowest BCUT2D eigenvalue weighted by Crippen LogP contribution is -2.02. The Labute approximate surface area is 92.1 Å². The molecule has 0 amide bonds. The van der Waals surface area contributed by atoms with Gasteiger partial charge in [0.1, 0.15) is 6.29 Å². The van der Waals surface area contributed by atoms with Crippen molar-refractivity contribution >= 4 is 27.9 Å². The van der Waals surface area contributed by atoms with Crippen molar-refractivity contribution in [2.24, 2.45) is 0 Å². The van der Waals surface area contributed by atoms with Crippen molar-refractivity contribution in [3.8, 4) is 0 Å². The molecule has 0 N–H and O–H groups in total. The van der Waals surface area contributed by atoms with Crippen molar-refractivity contribution in [1.29, 1.82) is 0 Å². The van der Waals surface area contributed by atoms with Gasteiger partial charge in [0.2, 0.25) is 0 Å². The standard InChI is InChI=1S/C11H12OS2/c12-8-9-4-1-2-5-10(9)11-6-3-7-13-14-11/h1-2,4-5,8,11H,3,6-7H2. The Bertz CT molecular complexity index is 319. The fourth-order valence-electron chi connectivity index (χ4n) is 1.62. The van der Waals surface area contributed by atoms with E-state index in [9.17, 15) is 4.79 Å². The molecule has 0 spiro atoms. The zero-order valence-electron chi connectivity index (χ0n) is 7.81. The molecule has 2 rings (SSSR count). The third-order valence-electron chi connectivity index (χ3n) is 2.35. The van der Waals surface area contributed by atoms with Crippen LogP contribution in [0, 0.1) is 0 Å². The molecule has 3 heteroatoms. The predicted molar refractivity (Wildman–Crippen MR) is 63.9 cm³/mol. The smallest absolute Gasteiger partial charge is 0.150 e. The van der Waals surface area contributed by atoms with Crippen LogP contribution >= 0.6 is 21.6 Å². The van der Waals surface area contributed by atoms with Gasteiger partial charge in [0.15, 0.2) is 0 Å². The maximum absolute atomic E-state index is 10.9. The van der Waals surface area contributed by atoms with Crippen molar-refractivity contribution in [1.82, 2.24) is 0 Å². The second-order valence-corrected chi connectivity index (χ2v) is 5.99. The van der Waals surface area contributed by atoms with Gasteiger partial charge in [-0.05, 0) is 18.4 Å². The van der Waals surface area contributed by atoms with E-state index in [1.165, 1.54) is 24.2 Å². The fraction of sp³-hybridized carbons (Fsp3) is 0.364. The van der Waals surface area contributed by atoms with E-state index >= 15 is 0 Å². The highest BCUT2D eigenvalue weighted by molar-refractivity contribution is 8.76. The Morgan fingerprint density at radius 1 is 1.36 bits per heavy atom. The summed E-state index contributed by atoms with van der Waals surface area (Å²) in [6.07, 6.45) is 3.42. The molecule has 1 aliphatic heterocycles. The molecule has 1 unspecified atom stereocenters. The monoisotopic (exact) mass is 224 g/mol. The van der Waals surface area contributed by atoms with E-state index in [4.69, 9.17) is 0 Å². The summed E-state index contributed by atoms with van der Waals surface area (Å²) < 4.78 is 0. The third kappa shape index (κ3) is 2.15. The van der Waals surface area contributed by atoms with E-state index in [0.717, 1.165) is 11.8 Å². The summed E-state index contributed by atoms with van der Waals surface area (Å²) in [6, 6.07) is 7.92. The minimum atomic E-state index is 0.509. The van der Waals surface area contributed by atoms with Gasteiger partial charge in [-0.25, -0.2) is 0 Å². The van der Waals surface area contributed by atoms with E-state index in [2.05, 4.69) is 6.07 Å². The lowest BCUT2D eigenvalue weighted by molar-refractivity contribution is 0.112. The fourth-order valence-corrected chi connectivity index (χ4v) is 4.49. The first kappa shape index (κ1) is 10.1. The summed E-state index contributed by atoms with van der Waals surface area (Å²) in [5.74, 6) is 1.24. The van der Waals surface area contributed by atoms with E-state index in [-0.39, 0.29) is 0 Å². The second kappa shape index (κ2) is 4.89. The van der Waals surface area contributed by atoms with Gasteiger partial charge in [-0.1, -0.05) is 45.9 Å². The third-order valence-corrected chi connectivity index (χ3v) is 5.27. The summed E-state index contributed by atoms with van der Waals surface area (Å²) in [7, 11) is 3.82. The SMILES string of the molecule is O=Cc1ccccc1C1CCCSS1. The number of carbonyl (C=O) groups is 1. The molecule has 1 aromatic rings. The first-order chi connectivity index (χ1) is 6.92. The Morgan fingerprint density at radius 2 is 2.21 bits per heavy atom. The molecule has 14 heavy (non-hydrogen) atoms. The summed E-state index contributed by atoms with van der Waals surface area (Å²) >= 11 is 0. The molecule has 1 aromatic carbocycles. The zero-order chi connectivity index (χ0) is 9.80. The topological polar surface area (TPSA) is 17.1 Å². The Morgan fingerprint density at radius 3 is 2.93 bits per heavy atom. The highest BCUT2D eigenvalue weighted by Gasteiger charge is 2.18. The van der Waals surface area contributed by atoms with Gasteiger partial charge in [-0.15, -0.1) is 0 Å². The van der Waals surface area contributed by atoms with Crippen molar-refractivity contribution < 1.29 is 4.79 Å². The highest BCUT2D eigenvalue weighted by Crippen LogP contribution is 2.46. The molecule has 1 aliphatic rings. The minimum absolute atomic E-state index is 0.509. The average Bonchev–Trinajstić information content (AvgIpc) is 2.30. The van der Waals surface area contributed by atoms with Gasteiger partial charge in [0.25, 0.3) is 0 Å². The van der Waals surface area contributed by atoms with E-state index in [0.29, 0.717) is 5.25 Å². The van der Waals surface area contributed by atoms with Crippen molar-refractivity contribution in [2.45, 2.75) is 18.1 Å². The maximum atomic E-state index is 10.9. The van der Waals surface area contributed by atoms with Crippen molar-refractivity contribution in [2.75, 3.05) is 5.75 Å². The molecule has 0 radical (unpaired) electrons. The van der Waals surface area contributed by atoms with Gasteiger partial charge in [-0.3, -0.25) is 4.79 Å². The van der Waals surface area contributed by atoms with Gasteiger partial charge in [0.05, 0.1) is 0 Å².